The smallest absolute Gasteiger partial charge is 0.324 e. The molecule has 2 amide bonds. The molecule has 1 aromatic heterocycles. The number of ketones is 1. The SMILES string of the molecule is CC(=O)c1ccc(NC(=O)Nc2n[nH]c3ccc(OCc4ccccc4C#N)cc23)cc1. The predicted molar refractivity (Wildman–Crippen MR) is 121 cm³/mol. The van der Waals surface area contributed by atoms with Gasteiger partial charge in [0, 0.05) is 22.2 Å². The number of nitrogens with one attached hydrogen (secondary N) is 3. The number of carbonyl (C=O) groups excluding carboxylic acids is 2. The molecule has 0 saturated carbocycles. The molecule has 0 saturated heterocycles. The zero-order chi connectivity index (χ0) is 22.5. The lowest BCUT2D eigenvalue weighted by Crippen LogP contribution is -2.19. The first-order valence-corrected chi connectivity index (χ1v) is 9.81. The molecule has 158 valence electrons. The van der Waals surface area contributed by atoms with Gasteiger partial charge < -0.3 is 10.1 Å². The van der Waals surface area contributed by atoms with Crippen LogP contribution in [0.1, 0.15) is 28.4 Å². The molecule has 3 N–H and O–H groups in total. The topological polar surface area (TPSA) is 120 Å². The third-order valence-corrected chi connectivity index (χ3v) is 4.85. The van der Waals surface area contributed by atoms with E-state index in [9.17, 15) is 14.9 Å². The highest BCUT2D eigenvalue weighted by Crippen LogP contribution is 2.26. The van der Waals surface area contributed by atoms with Crippen LogP contribution in [0.2, 0.25) is 0 Å². The van der Waals surface area contributed by atoms with E-state index in [0.29, 0.717) is 33.8 Å². The number of carbonyl (C=O) groups is 2. The van der Waals surface area contributed by atoms with E-state index in [1.807, 2.05) is 12.1 Å². The molecule has 0 atom stereocenters. The van der Waals surface area contributed by atoms with Crippen molar-refractivity contribution in [3.05, 3.63) is 83.4 Å². The highest BCUT2D eigenvalue weighted by molar-refractivity contribution is 6.05. The number of hydrogen-bond donors (Lipinski definition) is 3. The molecule has 4 aromatic rings. The first-order chi connectivity index (χ1) is 15.5. The Morgan fingerprint density at radius 2 is 1.84 bits per heavy atom. The number of urea groups is 1. The van der Waals surface area contributed by atoms with Crippen molar-refractivity contribution in [1.82, 2.24) is 10.2 Å². The maximum absolute atomic E-state index is 12.4. The number of Topliss-reactive ketones (excluding diaryl/α,β-unsaturated/α-hetero) is 1. The van der Waals surface area contributed by atoms with Crippen molar-refractivity contribution in [3.8, 4) is 11.8 Å². The van der Waals surface area contributed by atoms with Gasteiger partial charge in [-0.25, -0.2) is 4.79 Å². The Kier molecular flexibility index (Phi) is 5.81. The minimum absolute atomic E-state index is 0.0434. The molecule has 8 nitrogen and oxygen atoms in total. The fourth-order valence-corrected chi connectivity index (χ4v) is 3.15. The molecule has 0 spiro atoms. The fourth-order valence-electron chi connectivity index (χ4n) is 3.15. The molecule has 0 bridgehead atoms. The highest BCUT2D eigenvalue weighted by Gasteiger charge is 2.11. The van der Waals surface area contributed by atoms with E-state index in [2.05, 4.69) is 26.9 Å². The third kappa shape index (κ3) is 4.57. The van der Waals surface area contributed by atoms with Crippen molar-refractivity contribution in [2.75, 3.05) is 10.6 Å². The molecule has 0 radical (unpaired) electrons. The van der Waals surface area contributed by atoms with Crippen LogP contribution in [0.15, 0.2) is 66.7 Å². The summed E-state index contributed by atoms with van der Waals surface area (Å²) in [7, 11) is 0. The van der Waals surface area contributed by atoms with Crippen LogP contribution in [-0.2, 0) is 6.61 Å². The second kappa shape index (κ2) is 9.02. The quantitative estimate of drug-likeness (QED) is 0.381. The molecule has 0 aliphatic rings. The number of hydrogen-bond acceptors (Lipinski definition) is 5. The van der Waals surface area contributed by atoms with Gasteiger partial charge in [0.15, 0.2) is 11.6 Å². The summed E-state index contributed by atoms with van der Waals surface area (Å²) in [4.78, 5) is 23.8. The zero-order valence-electron chi connectivity index (χ0n) is 17.2. The van der Waals surface area contributed by atoms with Crippen LogP contribution in [0.3, 0.4) is 0 Å². The van der Waals surface area contributed by atoms with Gasteiger partial charge in [0.05, 0.1) is 17.1 Å². The molecule has 0 unspecified atom stereocenters. The third-order valence-electron chi connectivity index (χ3n) is 4.85. The van der Waals surface area contributed by atoms with E-state index in [4.69, 9.17) is 4.74 Å². The number of rotatable bonds is 6. The summed E-state index contributed by atoms with van der Waals surface area (Å²) in [6, 6.07) is 20.9. The molecule has 0 aliphatic carbocycles. The number of ether oxygens (including phenoxy) is 1. The zero-order valence-corrected chi connectivity index (χ0v) is 17.2. The van der Waals surface area contributed by atoms with Crippen molar-refractivity contribution in [3.63, 3.8) is 0 Å². The van der Waals surface area contributed by atoms with E-state index >= 15 is 0 Å². The van der Waals surface area contributed by atoms with Crippen molar-refractivity contribution >= 4 is 34.2 Å². The van der Waals surface area contributed by atoms with Gasteiger partial charge in [0.1, 0.15) is 12.4 Å². The number of nitriles is 1. The Balaban J connectivity index is 1.45. The van der Waals surface area contributed by atoms with Crippen molar-refractivity contribution in [1.29, 1.82) is 5.26 Å². The van der Waals surface area contributed by atoms with E-state index in [1.54, 1.807) is 54.6 Å². The number of H-pyrrole nitrogens is 1. The lowest BCUT2D eigenvalue weighted by atomic mass is 10.1. The number of amides is 2. The maximum atomic E-state index is 12.4. The van der Waals surface area contributed by atoms with Gasteiger partial charge in [0.2, 0.25) is 0 Å². The summed E-state index contributed by atoms with van der Waals surface area (Å²) < 4.78 is 5.85. The van der Waals surface area contributed by atoms with Crippen LogP contribution >= 0.6 is 0 Å². The predicted octanol–water partition coefficient (Wildman–Crippen LogP) is 4.86. The van der Waals surface area contributed by atoms with Crippen molar-refractivity contribution in [2.24, 2.45) is 0 Å². The second-order valence-corrected chi connectivity index (χ2v) is 7.05. The number of aromatic nitrogens is 2. The summed E-state index contributed by atoms with van der Waals surface area (Å²) in [5.41, 5.74) is 3.20. The van der Waals surface area contributed by atoms with E-state index < -0.39 is 6.03 Å². The van der Waals surface area contributed by atoms with Crippen molar-refractivity contribution < 1.29 is 14.3 Å². The minimum Gasteiger partial charge on any atom is -0.489 e. The van der Waals surface area contributed by atoms with Crippen LogP contribution in [0.25, 0.3) is 10.9 Å². The Labute approximate surface area is 183 Å². The molecule has 0 aliphatic heterocycles. The summed E-state index contributed by atoms with van der Waals surface area (Å²) in [6.45, 7) is 1.73. The summed E-state index contributed by atoms with van der Waals surface area (Å²) in [5.74, 6) is 0.883. The number of nitrogens with zero attached hydrogens (tertiary/aromatic N) is 2. The van der Waals surface area contributed by atoms with Crippen LogP contribution in [0, 0.1) is 11.3 Å². The summed E-state index contributed by atoms with van der Waals surface area (Å²) in [6.07, 6.45) is 0. The van der Waals surface area contributed by atoms with Crippen LogP contribution in [0.4, 0.5) is 16.3 Å². The summed E-state index contributed by atoms with van der Waals surface area (Å²) in [5, 5.41) is 22.3. The largest absolute Gasteiger partial charge is 0.489 e. The molecular formula is C24H19N5O3. The minimum atomic E-state index is -0.469. The fraction of sp³-hybridized carbons (Fsp3) is 0.0833. The number of aromatic amines is 1. The Morgan fingerprint density at radius 1 is 1.06 bits per heavy atom. The van der Waals surface area contributed by atoms with E-state index in [-0.39, 0.29) is 12.4 Å². The maximum Gasteiger partial charge on any atom is 0.324 e. The first-order valence-electron chi connectivity index (χ1n) is 9.81. The number of benzene rings is 3. The normalized spacial score (nSPS) is 10.4. The van der Waals surface area contributed by atoms with Gasteiger partial charge >= 0.3 is 6.03 Å². The molecule has 1 heterocycles. The standard InChI is InChI=1S/C24H19N5O3/c1-15(30)16-6-8-19(9-7-16)26-24(31)27-23-21-12-20(10-11-22(21)28-29-23)32-14-18-5-3-2-4-17(18)13-25/h2-12H,14H2,1H3,(H3,26,27,28,29,31). The molecule has 32 heavy (non-hydrogen) atoms. The lowest BCUT2D eigenvalue weighted by molar-refractivity contribution is 0.101. The molecule has 0 fully saturated rings. The number of anilines is 2. The van der Waals surface area contributed by atoms with E-state index in [0.717, 1.165) is 11.1 Å². The molecule has 3 aromatic carbocycles. The monoisotopic (exact) mass is 425 g/mol. The van der Waals surface area contributed by atoms with Crippen molar-refractivity contribution in [2.45, 2.75) is 13.5 Å². The number of fused-ring (bicyclic) bond motifs is 1. The second-order valence-electron chi connectivity index (χ2n) is 7.05. The Morgan fingerprint density at radius 3 is 2.59 bits per heavy atom. The lowest BCUT2D eigenvalue weighted by Gasteiger charge is -2.09. The van der Waals surface area contributed by atoms with Gasteiger partial charge in [0.25, 0.3) is 0 Å². The van der Waals surface area contributed by atoms with Gasteiger partial charge in [-0.15, -0.1) is 0 Å². The van der Waals surface area contributed by atoms with Crippen LogP contribution in [0.5, 0.6) is 5.75 Å². The van der Waals surface area contributed by atoms with Gasteiger partial charge in [-0.3, -0.25) is 15.2 Å². The van der Waals surface area contributed by atoms with Crippen LogP contribution in [-0.4, -0.2) is 22.0 Å². The average molecular weight is 425 g/mol. The first kappa shape index (κ1) is 20.6. The molecule has 4 rings (SSSR count). The van der Waals surface area contributed by atoms with Gasteiger partial charge in [-0.2, -0.15) is 10.4 Å². The Hall–Kier alpha value is -4.64. The highest BCUT2D eigenvalue weighted by atomic mass is 16.5. The van der Waals surface area contributed by atoms with Gasteiger partial charge in [-0.1, -0.05) is 18.2 Å². The Bertz CT molecular complexity index is 1340. The summed E-state index contributed by atoms with van der Waals surface area (Å²) >= 11 is 0. The van der Waals surface area contributed by atoms with E-state index in [1.165, 1.54) is 6.92 Å². The molecule has 8 heteroatoms. The average Bonchev–Trinajstić information content (AvgIpc) is 3.20. The molecular weight excluding hydrogens is 406 g/mol. The van der Waals surface area contributed by atoms with Gasteiger partial charge in [-0.05, 0) is 55.5 Å². The van der Waals surface area contributed by atoms with Crippen LogP contribution < -0.4 is 15.4 Å².